The Morgan fingerprint density at radius 3 is 2.34 bits per heavy atom. The van der Waals surface area contributed by atoms with Crippen molar-refractivity contribution in [1.29, 1.82) is 0 Å². The van der Waals surface area contributed by atoms with Gasteiger partial charge in [0.25, 0.3) is 10.0 Å². The van der Waals surface area contributed by atoms with Crippen molar-refractivity contribution in [2.24, 2.45) is 0 Å². The molecule has 12 heteroatoms. The number of esters is 1. The summed E-state index contributed by atoms with van der Waals surface area (Å²) in [6, 6.07) is 8.25. The van der Waals surface area contributed by atoms with Crippen LogP contribution in [0.2, 0.25) is 0 Å². The number of phenolic OH excluding ortho intramolecular Hbond substituents is 1. The normalized spacial score (nSPS) is 15.0. The molecule has 2 heterocycles. The molecule has 4 rings (SSSR count). The summed E-state index contributed by atoms with van der Waals surface area (Å²) in [4.78, 5) is 13.0. The van der Waals surface area contributed by atoms with Gasteiger partial charge in [-0.2, -0.15) is 13.2 Å². The van der Waals surface area contributed by atoms with Crippen molar-refractivity contribution in [3.05, 3.63) is 53.8 Å². The molecular formula is C20H16F4N2O5S. The van der Waals surface area contributed by atoms with Crippen LogP contribution in [0.4, 0.5) is 17.6 Å². The zero-order chi connectivity index (χ0) is 23.3. The molecule has 0 radical (unpaired) electrons. The van der Waals surface area contributed by atoms with E-state index in [9.17, 15) is 35.9 Å². The van der Waals surface area contributed by atoms with Crippen LogP contribution in [0.15, 0.2) is 47.4 Å². The Morgan fingerprint density at radius 1 is 1.12 bits per heavy atom. The summed E-state index contributed by atoms with van der Waals surface area (Å²) in [5, 5.41) is 10.2. The first kappa shape index (κ1) is 22.1. The van der Waals surface area contributed by atoms with Crippen molar-refractivity contribution in [3.63, 3.8) is 0 Å². The van der Waals surface area contributed by atoms with Crippen LogP contribution >= 0.6 is 0 Å². The minimum absolute atomic E-state index is 0.0222. The number of halogens is 4. The Bertz CT molecular complexity index is 1300. The van der Waals surface area contributed by atoms with Gasteiger partial charge in [-0.3, -0.25) is 4.90 Å². The van der Waals surface area contributed by atoms with E-state index in [1.54, 1.807) is 0 Å². The summed E-state index contributed by atoms with van der Waals surface area (Å²) < 4.78 is 84.3. The zero-order valence-electron chi connectivity index (χ0n) is 16.3. The van der Waals surface area contributed by atoms with Gasteiger partial charge < -0.3 is 9.84 Å². The lowest BCUT2D eigenvalue weighted by Gasteiger charge is -2.31. The SMILES string of the molecule is O=C(Oc1cc2c(CN3CCC3)c(O)c(F)cc2n1S(=O)(=O)c1ccccc1)C(F)(F)F. The number of aromatic hydroxyl groups is 1. The molecule has 0 saturated carbocycles. The number of aromatic nitrogens is 1. The van der Waals surface area contributed by atoms with Crippen LogP contribution in [0.1, 0.15) is 12.0 Å². The minimum atomic E-state index is -5.40. The molecule has 2 aromatic carbocycles. The number of likely N-dealkylation sites (tertiary alicyclic amines) is 1. The number of ether oxygens (including phenoxy) is 1. The van der Waals surface area contributed by atoms with Crippen molar-refractivity contribution in [1.82, 2.24) is 8.87 Å². The fourth-order valence-corrected chi connectivity index (χ4v) is 4.86. The molecule has 1 N–H and O–H groups in total. The predicted molar refractivity (Wildman–Crippen MR) is 104 cm³/mol. The number of fused-ring (bicyclic) bond motifs is 1. The van der Waals surface area contributed by atoms with E-state index < -0.39 is 39.6 Å². The van der Waals surface area contributed by atoms with Gasteiger partial charge in [0.05, 0.1) is 10.4 Å². The Morgan fingerprint density at radius 2 is 1.78 bits per heavy atom. The lowest BCUT2D eigenvalue weighted by Crippen LogP contribution is -2.36. The molecule has 0 amide bonds. The second-order valence-corrected chi connectivity index (χ2v) is 8.99. The van der Waals surface area contributed by atoms with E-state index in [4.69, 9.17) is 0 Å². The van der Waals surface area contributed by atoms with Crippen LogP contribution in [-0.4, -0.2) is 47.6 Å². The highest BCUT2D eigenvalue weighted by atomic mass is 32.2. The molecule has 1 fully saturated rings. The number of benzene rings is 2. The summed E-state index contributed by atoms with van der Waals surface area (Å²) in [6.07, 6.45) is -4.53. The third kappa shape index (κ3) is 3.79. The average Bonchev–Trinajstić information content (AvgIpc) is 3.05. The van der Waals surface area contributed by atoms with Crippen LogP contribution < -0.4 is 4.74 Å². The van der Waals surface area contributed by atoms with Crippen molar-refractivity contribution in [2.45, 2.75) is 24.0 Å². The highest BCUT2D eigenvalue weighted by Crippen LogP contribution is 2.39. The first-order valence-corrected chi connectivity index (χ1v) is 10.8. The topological polar surface area (TPSA) is 88.8 Å². The Kier molecular flexibility index (Phi) is 5.37. The number of nitrogens with zero attached hydrogens (tertiary/aromatic N) is 2. The third-order valence-corrected chi connectivity index (χ3v) is 6.83. The highest BCUT2D eigenvalue weighted by molar-refractivity contribution is 7.90. The van der Waals surface area contributed by atoms with Crippen molar-refractivity contribution < 1.29 is 40.6 Å². The molecule has 32 heavy (non-hydrogen) atoms. The van der Waals surface area contributed by atoms with E-state index >= 15 is 0 Å². The molecule has 3 aromatic rings. The van der Waals surface area contributed by atoms with Gasteiger partial charge in [-0.15, -0.1) is 0 Å². The molecule has 0 atom stereocenters. The van der Waals surface area contributed by atoms with Gasteiger partial charge in [0.2, 0.25) is 5.88 Å². The van der Waals surface area contributed by atoms with Crippen LogP contribution in [0.25, 0.3) is 10.9 Å². The van der Waals surface area contributed by atoms with Crippen molar-refractivity contribution in [3.8, 4) is 11.6 Å². The molecule has 1 aliphatic rings. The van der Waals surface area contributed by atoms with Gasteiger partial charge in [0.15, 0.2) is 11.6 Å². The molecule has 0 spiro atoms. The maximum Gasteiger partial charge on any atom is 0.491 e. The summed E-state index contributed by atoms with van der Waals surface area (Å²) in [6.45, 7) is 1.33. The van der Waals surface area contributed by atoms with Crippen molar-refractivity contribution >= 4 is 26.9 Å². The number of hydrogen-bond acceptors (Lipinski definition) is 6. The van der Waals surface area contributed by atoms with E-state index in [0.29, 0.717) is 23.1 Å². The number of carbonyl (C=O) groups excluding carboxylic acids is 1. The van der Waals surface area contributed by atoms with E-state index in [1.165, 1.54) is 30.3 Å². The molecule has 0 aliphatic carbocycles. The molecule has 0 bridgehead atoms. The number of alkyl halides is 3. The Labute approximate surface area is 179 Å². The maximum atomic E-state index is 14.5. The quantitative estimate of drug-likeness (QED) is 0.453. The van der Waals surface area contributed by atoms with E-state index in [-0.39, 0.29) is 27.9 Å². The largest absolute Gasteiger partial charge is 0.505 e. The van der Waals surface area contributed by atoms with Gasteiger partial charge in [0.1, 0.15) is 0 Å². The Balaban J connectivity index is 1.99. The minimum Gasteiger partial charge on any atom is -0.505 e. The van der Waals surface area contributed by atoms with Gasteiger partial charge in [-0.25, -0.2) is 21.6 Å². The summed E-state index contributed by atoms with van der Waals surface area (Å²) >= 11 is 0. The number of phenols is 1. The molecule has 1 aliphatic heterocycles. The fraction of sp³-hybridized carbons (Fsp3) is 0.250. The standard InChI is InChI=1S/C20H16F4N2O5S/c21-15-10-16-13(14(18(15)27)11-25-7-4-8-25)9-17(31-19(28)20(22,23)24)26(16)32(29,30)12-5-2-1-3-6-12/h1-3,5-6,9-10,27H,4,7-8,11H2. The van der Waals surface area contributed by atoms with Crippen LogP contribution in [0.3, 0.4) is 0 Å². The average molecular weight is 472 g/mol. The summed E-state index contributed by atoms with van der Waals surface area (Å²) in [5.41, 5.74) is -0.393. The van der Waals surface area contributed by atoms with Gasteiger partial charge in [0, 0.05) is 29.6 Å². The predicted octanol–water partition coefficient (Wildman–Crippen LogP) is 3.40. The van der Waals surface area contributed by atoms with Crippen LogP contribution in [-0.2, 0) is 21.4 Å². The fourth-order valence-electron chi connectivity index (χ4n) is 3.42. The zero-order valence-corrected chi connectivity index (χ0v) is 17.1. The van der Waals surface area contributed by atoms with Crippen LogP contribution in [0, 0.1) is 5.82 Å². The molecule has 7 nitrogen and oxygen atoms in total. The van der Waals surface area contributed by atoms with E-state index in [1.807, 2.05) is 4.90 Å². The van der Waals surface area contributed by atoms with Crippen molar-refractivity contribution in [2.75, 3.05) is 13.1 Å². The maximum absolute atomic E-state index is 14.5. The molecule has 170 valence electrons. The van der Waals surface area contributed by atoms with E-state index in [2.05, 4.69) is 4.74 Å². The summed E-state index contributed by atoms with van der Waals surface area (Å²) in [7, 11) is -4.60. The number of carbonyl (C=O) groups is 1. The molecule has 1 saturated heterocycles. The van der Waals surface area contributed by atoms with Gasteiger partial charge in [-0.1, -0.05) is 18.2 Å². The highest BCUT2D eigenvalue weighted by Gasteiger charge is 2.43. The van der Waals surface area contributed by atoms with Gasteiger partial charge >= 0.3 is 12.1 Å². The second-order valence-electron chi connectivity index (χ2n) is 7.20. The lowest BCUT2D eigenvalue weighted by molar-refractivity contribution is -0.190. The smallest absolute Gasteiger partial charge is 0.491 e. The second kappa shape index (κ2) is 7.78. The van der Waals surface area contributed by atoms with Crippen LogP contribution in [0.5, 0.6) is 11.6 Å². The van der Waals surface area contributed by atoms with Gasteiger partial charge in [-0.05, 0) is 31.6 Å². The Hall–Kier alpha value is -3.12. The molecule has 0 unspecified atom stereocenters. The lowest BCUT2D eigenvalue weighted by atomic mass is 10.1. The first-order chi connectivity index (χ1) is 15.0. The number of rotatable bonds is 5. The third-order valence-electron chi connectivity index (χ3n) is 5.10. The number of hydrogen-bond donors (Lipinski definition) is 1. The summed E-state index contributed by atoms with van der Waals surface area (Å²) in [5.74, 6) is -5.53. The monoisotopic (exact) mass is 472 g/mol. The van der Waals surface area contributed by atoms with E-state index in [0.717, 1.165) is 12.5 Å². The molecular weight excluding hydrogens is 456 g/mol. The first-order valence-electron chi connectivity index (χ1n) is 9.38. The molecule has 1 aromatic heterocycles.